The molecule has 7 heteroatoms. The molecule has 0 radical (unpaired) electrons. The molecule has 0 fully saturated rings. The van der Waals surface area contributed by atoms with E-state index in [1.54, 1.807) is 19.1 Å². The Morgan fingerprint density at radius 2 is 2.17 bits per heavy atom. The Kier molecular flexibility index (Phi) is 3.44. The van der Waals surface area contributed by atoms with Gasteiger partial charge in [-0.3, -0.25) is 0 Å². The number of rotatable bonds is 4. The number of nitrogens with zero attached hydrogens (tertiary/aromatic N) is 1. The highest BCUT2D eigenvalue weighted by atomic mass is 32.2. The number of aryl methyl sites for hydroxylation is 1. The van der Waals surface area contributed by atoms with E-state index >= 15 is 0 Å². The lowest BCUT2D eigenvalue weighted by atomic mass is 10.4. The second-order valence-electron chi connectivity index (χ2n) is 3.63. The van der Waals surface area contributed by atoms with Gasteiger partial charge in [-0.25, -0.2) is 22.5 Å². The molecule has 0 spiro atoms. The van der Waals surface area contributed by atoms with Crippen LogP contribution in [0.25, 0.3) is 0 Å². The quantitative estimate of drug-likeness (QED) is 0.916. The van der Waals surface area contributed by atoms with Gasteiger partial charge in [0.1, 0.15) is 11.5 Å². The molecule has 2 aromatic heterocycles. The summed E-state index contributed by atoms with van der Waals surface area (Å²) in [7, 11) is -3.98. The van der Waals surface area contributed by atoms with Crippen molar-refractivity contribution >= 4 is 10.0 Å². The predicted octanol–water partition coefficient (Wildman–Crippen LogP) is 1.60. The summed E-state index contributed by atoms with van der Waals surface area (Å²) >= 11 is 0. The molecular weight excluding hydrogens is 259 g/mol. The van der Waals surface area contributed by atoms with Crippen molar-refractivity contribution in [3.05, 3.63) is 47.8 Å². The second kappa shape index (κ2) is 4.87. The third kappa shape index (κ3) is 2.74. The van der Waals surface area contributed by atoms with E-state index in [0.29, 0.717) is 11.5 Å². The van der Waals surface area contributed by atoms with Crippen LogP contribution in [-0.2, 0) is 16.6 Å². The largest absolute Gasteiger partial charge is 0.465 e. The molecule has 18 heavy (non-hydrogen) atoms. The van der Waals surface area contributed by atoms with Gasteiger partial charge in [0.25, 0.3) is 10.0 Å². The first-order valence-corrected chi connectivity index (χ1v) is 6.63. The molecule has 96 valence electrons. The van der Waals surface area contributed by atoms with E-state index < -0.39 is 20.9 Å². The average molecular weight is 270 g/mol. The molecule has 0 saturated carbocycles. The number of hydrogen-bond acceptors (Lipinski definition) is 4. The molecule has 0 aliphatic rings. The van der Waals surface area contributed by atoms with E-state index in [-0.39, 0.29) is 6.54 Å². The van der Waals surface area contributed by atoms with Crippen molar-refractivity contribution in [2.75, 3.05) is 0 Å². The second-order valence-corrected chi connectivity index (χ2v) is 5.31. The van der Waals surface area contributed by atoms with Gasteiger partial charge in [0.2, 0.25) is 5.03 Å². The van der Waals surface area contributed by atoms with E-state index in [0.717, 1.165) is 6.07 Å². The Labute approximate surface area is 104 Å². The normalized spacial score (nSPS) is 11.7. The van der Waals surface area contributed by atoms with E-state index in [1.807, 2.05) is 0 Å². The lowest BCUT2D eigenvalue weighted by Crippen LogP contribution is -2.25. The molecular formula is C11H11FN2O3S. The van der Waals surface area contributed by atoms with Crippen molar-refractivity contribution in [2.24, 2.45) is 0 Å². The van der Waals surface area contributed by atoms with Crippen molar-refractivity contribution in [1.82, 2.24) is 9.71 Å². The molecule has 0 unspecified atom stereocenters. The number of hydrogen-bond donors (Lipinski definition) is 1. The SMILES string of the molecule is Cc1ccc(CNS(=O)(=O)c2ncccc2F)o1. The summed E-state index contributed by atoms with van der Waals surface area (Å²) in [6.45, 7) is 1.70. The standard InChI is InChI=1S/C11H11FN2O3S/c1-8-4-5-9(17-8)7-14-18(15,16)11-10(12)3-2-6-13-11/h2-6,14H,7H2,1H3. The van der Waals surface area contributed by atoms with Crippen LogP contribution in [-0.4, -0.2) is 13.4 Å². The number of aromatic nitrogens is 1. The summed E-state index contributed by atoms with van der Waals surface area (Å²) in [5, 5.41) is -0.617. The fourth-order valence-corrected chi connectivity index (χ4v) is 2.38. The number of sulfonamides is 1. The number of nitrogens with one attached hydrogen (secondary N) is 1. The van der Waals surface area contributed by atoms with E-state index in [2.05, 4.69) is 9.71 Å². The van der Waals surface area contributed by atoms with Crippen LogP contribution < -0.4 is 4.72 Å². The molecule has 0 amide bonds. The summed E-state index contributed by atoms with van der Waals surface area (Å²) in [5.74, 6) is 0.237. The molecule has 2 heterocycles. The Morgan fingerprint density at radius 1 is 1.39 bits per heavy atom. The van der Waals surface area contributed by atoms with Crippen LogP contribution in [0.15, 0.2) is 39.9 Å². The third-order valence-corrected chi connectivity index (χ3v) is 3.55. The van der Waals surface area contributed by atoms with Gasteiger partial charge in [-0.1, -0.05) is 0 Å². The average Bonchev–Trinajstić information content (AvgIpc) is 2.73. The van der Waals surface area contributed by atoms with Crippen LogP contribution >= 0.6 is 0 Å². The highest BCUT2D eigenvalue weighted by Gasteiger charge is 2.20. The number of furan rings is 1. The van der Waals surface area contributed by atoms with Gasteiger partial charge in [0.05, 0.1) is 6.54 Å². The van der Waals surface area contributed by atoms with Gasteiger partial charge in [-0.05, 0) is 31.2 Å². The van der Waals surface area contributed by atoms with Crippen LogP contribution in [0.4, 0.5) is 4.39 Å². The summed E-state index contributed by atoms with van der Waals surface area (Å²) < 4.78 is 44.3. The van der Waals surface area contributed by atoms with Gasteiger partial charge < -0.3 is 4.42 Å². The van der Waals surface area contributed by atoms with Gasteiger partial charge in [0, 0.05) is 6.20 Å². The van der Waals surface area contributed by atoms with E-state index in [1.165, 1.54) is 12.3 Å². The molecule has 1 N–H and O–H groups in total. The maximum atomic E-state index is 13.3. The summed E-state index contributed by atoms with van der Waals surface area (Å²) in [5.41, 5.74) is 0. The van der Waals surface area contributed by atoms with Crippen LogP contribution in [0.2, 0.25) is 0 Å². The minimum absolute atomic E-state index is 0.0494. The zero-order chi connectivity index (χ0) is 13.2. The molecule has 0 bridgehead atoms. The minimum Gasteiger partial charge on any atom is -0.465 e. The molecule has 0 aromatic carbocycles. The summed E-state index contributed by atoms with van der Waals surface area (Å²) in [6, 6.07) is 5.72. The first-order valence-electron chi connectivity index (χ1n) is 5.14. The molecule has 0 aliphatic heterocycles. The first-order chi connectivity index (χ1) is 8.49. The molecule has 5 nitrogen and oxygen atoms in total. The highest BCUT2D eigenvalue weighted by molar-refractivity contribution is 7.89. The van der Waals surface area contributed by atoms with Crippen LogP contribution in [0.3, 0.4) is 0 Å². The highest BCUT2D eigenvalue weighted by Crippen LogP contribution is 2.11. The zero-order valence-corrected chi connectivity index (χ0v) is 10.4. The maximum absolute atomic E-state index is 13.3. The number of halogens is 1. The zero-order valence-electron chi connectivity index (χ0n) is 9.55. The fraction of sp³-hybridized carbons (Fsp3) is 0.182. The molecule has 0 aliphatic carbocycles. The van der Waals surface area contributed by atoms with E-state index in [4.69, 9.17) is 4.42 Å². The Bertz CT molecular complexity index is 652. The molecule has 0 saturated heterocycles. The predicted molar refractivity (Wildman–Crippen MR) is 61.7 cm³/mol. The smallest absolute Gasteiger partial charge is 0.261 e. The Hall–Kier alpha value is -1.73. The third-order valence-electron chi connectivity index (χ3n) is 2.21. The van der Waals surface area contributed by atoms with Gasteiger partial charge >= 0.3 is 0 Å². The number of pyridine rings is 1. The molecule has 0 atom stereocenters. The lowest BCUT2D eigenvalue weighted by Gasteiger charge is -2.04. The monoisotopic (exact) mass is 270 g/mol. The van der Waals surface area contributed by atoms with Crippen molar-refractivity contribution in [1.29, 1.82) is 0 Å². The van der Waals surface area contributed by atoms with Crippen LogP contribution in [0.1, 0.15) is 11.5 Å². The minimum atomic E-state index is -3.98. The van der Waals surface area contributed by atoms with Crippen molar-refractivity contribution < 1.29 is 17.2 Å². The van der Waals surface area contributed by atoms with Gasteiger partial charge in [-0.2, -0.15) is 0 Å². The maximum Gasteiger partial charge on any atom is 0.261 e. The van der Waals surface area contributed by atoms with Crippen molar-refractivity contribution in [3.8, 4) is 0 Å². The van der Waals surface area contributed by atoms with E-state index in [9.17, 15) is 12.8 Å². The van der Waals surface area contributed by atoms with Gasteiger partial charge in [-0.15, -0.1) is 0 Å². The lowest BCUT2D eigenvalue weighted by molar-refractivity contribution is 0.473. The van der Waals surface area contributed by atoms with Gasteiger partial charge in [0.15, 0.2) is 5.82 Å². The Morgan fingerprint density at radius 3 is 2.78 bits per heavy atom. The topological polar surface area (TPSA) is 72.2 Å². The van der Waals surface area contributed by atoms with Crippen LogP contribution in [0.5, 0.6) is 0 Å². The fourth-order valence-electron chi connectivity index (χ4n) is 1.38. The Balaban J connectivity index is 2.16. The van der Waals surface area contributed by atoms with Crippen molar-refractivity contribution in [3.63, 3.8) is 0 Å². The van der Waals surface area contributed by atoms with Crippen LogP contribution in [0, 0.1) is 12.7 Å². The molecule has 2 rings (SSSR count). The molecule has 2 aromatic rings. The first kappa shape index (κ1) is 12.7. The summed E-state index contributed by atoms with van der Waals surface area (Å²) in [6.07, 6.45) is 1.22. The summed E-state index contributed by atoms with van der Waals surface area (Å²) in [4.78, 5) is 3.51. The van der Waals surface area contributed by atoms with Crippen molar-refractivity contribution in [2.45, 2.75) is 18.5 Å².